The number of aromatic nitrogens is 2. The second-order valence-corrected chi connectivity index (χ2v) is 7.53. The molecule has 3 amide bonds. The Labute approximate surface area is 169 Å². The number of para-hydroxylation sites is 2. The normalized spacial score (nSPS) is 13.3. The van der Waals surface area contributed by atoms with Gasteiger partial charge in [0.2, 0.25) is 5.91 Å². The Hall–Kier alpha value is -3.20. The van der Waals surface area contributed by atoms with E-state index >= 15 is 0 Å². The van der Waals surface area contributed by atoms with Crippen molar-refractivity contribution in [2.75, 3.05) is 11.1 Å². The summed E-state index contributed by atoms with van der Waals surface area (Å²) in [7, 11) is 0. The van der Waals surface area contributed by atoms with Gasteiger partial charge in [-0.25, -0.2) is 14.2 Å². The van der Waals surface area contributed by atoms with Gasteiger partial charge < -0.3 is 5.32 Å². The first-order chi connectivity index (χ1) is 14.0. The van der Waals surface area contributed by atoms with Gasteiger partial charge in [0, 0.05) is 6.04 Å². The van der Waals surface area contributed by atoms with Crippen molar-refractivity contribution >= 4 is 40.3 Å². The van der Waals surface area contributed by atoms with Gasteiger partial charge in [0.15, 0.2) is 5.16 Å². The molecule has 7 nitrogen and oxygen atoms in total. The van der Waals surface area contributed by atoms with Crippen LogP contribution < -0.4 is 16.2 Å². The molecule has 0 spiro atoms. The van der Waals surface area contributed by atoms with Crippen LogP contribution in [-0.2, 0) is 4.79 Å². The summed E-state index contributed by atoms with van der Waals surface area (Å²) >= 11 is 1.09. The van der Waals surface area contributed by atoms with E-state index in [1.165, 1.54) is 18.2 Å². The molecule has 148 valence electrons. The number of hydrogen-bond donors (Lipinski definition) is 2. The second kappa shape index (κ2) is 8.04. The Bertz CT molecular complexity index is 1160. The number of thioether (sulfide) groups is 1. The van der Waals surface area contributed by atoms with E-state index in [2.05, 4.69) is 15.6 Å². The minimum Gasteiger partial charge on any atom is -0.305 e. The Morgan fingerprint density at radius 3 is 2.62 bits per heavy atom. The number of carbonyl (C=O) groups excluding carboxylic acids is 2. The predicted molar refractivity (Wildman–Crippen MR) is 109 cm³/mol. The summed E-state index contributed by atoms with van der Waals surface area (Å²) in [5.41, 5.74) is 0.414. The summed E-state index contributed by atoms with van der Waals surface area (Å²) < 4.78 is 15.2. The number of hydrogen-bond acceptors (Lipinski definition) is 5. The second-order valence-electron chi connectivity index (χ2n) is 6.59. The molecule has 1 aliphatic carbocycles. The number of imide groups is 1. The van der Waals surface area contributed by atoms with Crippen molar-refractivity contribution in [3.8, 4) is 0 Å². The standard InChI is InChI=1S/C20H17FN4O3S/c21-14-6-2-4-8-16(14)22-19(28)24-17(26)11-29-20-23-15-7-3-1-5-13(15)18(27)25(20)12-9-10-12/h1-8,12H,9-11H2,(H2,22,24,26,28). The van der Waals surface area contributed by atoms with Gasteiger partial charge in [0.25, 0.3) is 5.56 Å². The first-order valence-electron chi connectivity index (χ1n) is 9.02. The van der Waals surface area contributed by atoms with Crippen molar-refractivity contribution in [1.82, 2.24) is 14.9 Å². The van der Waals surface area contributed by atoms with Crippen molar-refractivity contribution in [2.45, 2.75) is 24.0 Å². The van der Waals surface area contributed by atoms with E-state index in [4.69, 9.17) is 0 Å². The van der Waals surface area contributed by atoms with Crippen LogP contribution in [0.2, 0.25) is 0 Å². The number of amides is 3. The molecular weight excluding hydrogens is 395 g/mol. The van der Waals surface area contributed by atoms with E-state index in [0.29, 0.717) is 16.1 Å². The number of benzene rings is 2. The van der Waals surface area contributed by atoms with Crippen LogP contribution in [0.5, 0.6) is 0 Å². The molecular formula is C20H17FN4O3S. The summed E-state index contributed by atoms with van der Waals surface area (Å²) in [5, 5.41) is 5.42. The molecule has 0 aliphatic heterocycles. The van der Waals surface area contributed by atoms with Crippen molar-refractivity contribution in [3.05, 3.63) is 64.7 Å². The molecule has 9 heteroatoms. The average molecular weight is 412 g/mol. The van der Waals surface area contributed by atoms with Gasteiger partial charge in [-0.05, 0) is 37.1 Å². The van der Waals surface area contributed by atoms with Crippen LogP contribution in [0.3, 0.4) is 0 Å². The molecule has 0 unspecified atom stereocenters. The summed E-state index contributed by atoms with van der Waals surface area (Å²) in [6.45, 7) is 0. The minimum atomic E-state index is -0.827. The van der Waals surface area contributed by atoms with Crippen LogP contribution in [0.25, 0.3) is 10.9 Å². The van der Waals surface area contributed by atoms with Crippen LogP contribution in [0, 0.1) is 5.82 Å². The number of nitrogens with zero attached hydrogens (tertiary/aromatic N) is 2. The third-order valence-corrected chi connectivity index (χ3v) is 5.35. The topological polar surface area (TPSA) is 93.1 Å². The third-order valence-electron chi connectivity index (χ3n) is 4.39. The van der Waals surface area contributed by atoms with E-state index < -0.39 is 17.8 Å². The number of carbonyl (C=O) groups is 2. The molecule has 29 heavy (non-hydrogen) atoms. The highest BCUT2D eigenvalue weighted by Gasteiger charge is 2.28. The molecule has 1 fully saturated rings. The molecule has 1 aliphatic rings. The van der Waals surface area contributed by atoms with Crippen LogP contribution in [0.15, 0.2) is 58.5 Å². The molecule has 3 aromatic rings. The van der Waals surface area contributed by atoms with E-state index in [1.807, 2.05) is 0 Å². The largest absolute Gasteiger partial charge is 0.325 e. The quantitative estimate of drug-likeness (QED) is 0.495. The number of rotatable bonds is 5. The van der Waals surface area contributed by atoms with Gasteiger partial charge in [-0.15, -0.1) is 0 Å². The van der Waals surface area contributed by atoms with Gasteiger partial charge in [-0.1, -0.05) is 36.0 Å². The highest BCUT2D eigenvalue weighted by Crippen LogP contribution is 2.36. The Kier molecular flexibility index (Phi) is 5.30. The molecule has 0 bridgehead atoms. The summed E-state index contributed by atoms with van der Waals surface area (Å²) in [4.78, 5) is 41.4. The third kappa shape index (κ3) is 4.29. The fourth-order valence-electron chi connectivity index (χ4n) is 2.89. The lowest BCUT2D eigenvalue weighted by Gasteiger charge is -2.12. The first-order valence-corrected chi connectivity index (χ1v) is 10.0. The Balaban J connectivity index is 1.45. The Morgan fingerprint density at radius 1 is 1.14 bits per heavy atom. The lowest BCUT2D eigenvalue weighted by molar-refractivity contribution is -0.117. The molecule has 1 saturated carbocycles. The van der Waals surface area contributed by atoms with Crippen LogP contribution in [0.4, 0.5) is 14.9 Å². The number of urea groups is 1. The molecule has 2 aromatic carbocycles. The SMILES string of the molecule is O=C(CSc1nc2ccccc2c(=O)n1C1CC1)NC(=O)Nc1ccccc1F. The lowest BCUT2D eigenvalue weighted by atomic mass is 10.2. The highest BCUT2D eigenvalue weighted by molar-refractivity contribution is 7.99. The van der Waals surface area contributed by atoms with E-state index in [1.54, 1.807) is 34.9 Å². The highest BCUT2D eigenvalue weighted by atomic mass is 32.2. The maximum Gasteiger partial charge on any atom is 0.325 e. The first kappa shape index (κ1) is 19.1. The van der Waals surface area contributed by atoms with E-state index in [-0.39, 0.29) is 23.0 Å². The molecule has 4 rings (SSSR count). The zero-order valence-electron chi connectivity index (χ0n) is 15.2. The fourth-order valence-corrected chi connectivity index (χ4v) is 3.76. The van der Waals surface area contributed by atoms with Crippen molar-refractivity contribution in [1.29, 1.82) is 0 Å². The van der Waals surface area contributed by atoms with Crippen molar-refractivity contribution < 1.29 is 14.0 Å². The summed E-state index contributed by atoms with van der Waals surface area (Å²) in [6.07, 6.45) is 1.79. The summed E-state index contributed by atoms with van der Waals surface area (Å²) in [5.74, 6) is -1.28. The molecule has 2 N–H and O–H groups in total. The number of halogens is 1. The van der Waals surface area contributed by atoms with Crippen molar-refractivity contribution in [3.63, 3.8) is 0 Å². The average Bonchev–Trinajstić information content (AvgIpc) is 3.53. The Morgan fingerprint density at radius 2 is 1.86 bits per heavy atom. The van der Waals surface area contributed by atoms with Gasteiger partial charge in [0.1, 0.15) is 5.82 Å². The van der Waals surface area contributed by atoms with Crippen LogP contribution >= 0.6 is 11.8 Å². The van der Waals surface area contributed by atoms with Gasteiger partial charge >= 0.3 is 6.03 Å². The van der Waals surface area contributed by atoms with Crippen LogP contribution in [0.1, 0.15) is 18.9 Å². The van der Waals surface area contributed by atoms with E-state index in [0.717, 1.165) is 24.6 Å². The minimum absolute atomic E-state index is 0.0239. The predicted octanol–water partition coefficient (Wildman–Crippen LogP) is 3.31. The van der Waals surface area contributed by atoms with Gasteiger partial charge in [-0.2, -0.15) is 0 Å². The number of fused-ring (bicyclic) bond motifs is 1. The fraction of sp³-hybridized carbons (Fsp3) is 0.200. The molecule has 1 aromatic heterocycles. The molecule has 1 heterocycles. The zero-order chi connectivity index (χ0) is 20.4. The summed E-state index contributed by atoms with van der Waals surface area (Å²) in [6, 6.07) is 12.0. The van der Waals surface area contributed by atoms with Crippen molar-refractivity contribution in [2.24, 2.45) is 0 Å². The van der Waals surface area contributed by atoms with Gasteiger partial charge in [0.05, 0.1) is 22.3 Å². The maximum absolute atomic E-state index is 13.6. The van der Waals surface area contributed by atoms with Crippen LogP contribution in [-0.4, -0.2) is 27.2 Å². The molecule has 0 atom stereocenters. The lowest BCUT2D eigenvalue weighted by Crippen LogP contribution is -2.36. The molecule has 0 saturated heterocycles. The van der Waals surface area contributed by atoms with E-state index in [9.17, 15) is 18.8 Å². The number of nitrogens with one attached hydrogen (secondary N) is 2. The zero-order valence-corrected chi connectivity index (χ0v) is 16.0. The molecule has 0 radical (unpaired) electrons. The number of anilines is 1. The monoisotopic (exact) mass is 412 g/mol. The smallest absolute Gasteiger partial charge is 0.305 e. The maximum atomic E-state index is 13.6. The van der Waals surface area contributed by atoms with Gasteiger partial charge in [-0.3, -0.25) is 19.5 Å².